The number of hydrogen-bond donors (Lipinski definition) is 0. The predicted octanol–water partition coefficient (Wildman–Crippen LogP) is 6.98. The topological polar surface area (TPSA) is 44.2 Å². The van der Waals surface area contributed by atoms with E-state index in [0.29, 0.717) is 5.82 Å². The summed E-state index contributed by atoms with van der Waals surface area (Å²) < 4.78 is 34.4. The zero-order valence-corrected chi connectivity index (χ0v) is 18.9. The Hall–Kier alpha value is -2.24. The van der Waals surface area contributed by atoms with Gasteiger partial charge >= 0.3 is 0 Å². The van der Waals surface area contributed by atoms with Gasteiger partial charge in [-0.05, 0) is 26.8 Å². The summed E-state index contributed by atoms with van der Waals surface area (Å²) in [5.41, 5.74) is 1.03. The van der Waals surface area contributed by atoms with Crippen LogP contribution in [-0.2, 0) is 4.74 Å². The Bertz CT molecular complexity index is 539. The molecule has 0 saturated heterocycles. The van der Waals surface area contributed by atoms with Crippen molar-refractivity contribution in [2.75, 3.05) is 14.2 Å². The normalized spacial score (nSPS) is 8.56. The predicted molar refractivity (Wildman–Crippen MR) is 112 cm³/mol. The highest BCUT2D eigenvalue weighted by atomic mass is 19.1. The third-order valence-corrected chi connectivity index (χ3v) is 2.10. The molecule has 0 aliphatic carbocycles. The maximum absolute atomic E-state index is 12.7. The summed E-state index contributed by atoms with van der Waals surface area (Å²) in [4.78, 5) is 7.30. The van der Waals surface area contributed by atoms with Crippen molar-refractivity contribution >= 4 is 0 Å². The molecule has 1 aromatic rings. The van der Waals surface area contributed by atoms with Crippen LogP contribution in [0.3, 0.4) is 0 Å². The number of allylic oxidation sites excluding steroid dienone is 4. The lowest BCUT2D eigenvalue weighted by molar-refractivity contribution is 0.285. The number of aryl methyl sites for hydroxylation is 1. The molecule has 0 aliphatic rings. The van der Waals surface area contributed by atoms with E-state index in [-0.39, 0.29) is 11.6 Å². The van der Waals surface area contributed by atoms with Gasteiger partial charge in [0.05, 0.1) is 20.4 Å². The molecule has 0 aliphatic heterocycles. The minimum atomic E-state index is -0.534. The van der Waals surface area contributed by atoms with E-state index in [1.807, 2.05) is 55.4 Å². The summed E-state index contributed by atoms with van der Waals surface area (Å²) >= 11 is 0. The molecule has 1 aromatic heterocycles. The molecule has 4 nitrogen and oxygen atoms in total. The number of nitrogens with zero attached hydrogens (tertiary/aromatic N) is 2. The van der Waals surface area contributed by atoms with Crippen LogP contribution in [0.4, 0.5) is 8.78 Å². The van der Waals surface area contributed by atoms with Gasteiger partial charge in [0.2, 0.25) is 5.82 Å². The second kappa shape index (κ2) is 23.8. The SMILES string of the molecule is C=C(OC)/C(F)=C\C=C(C)C.CC.CC.CC.COc1nc(C)ncc1F. The summed E-state index contributed by atoms with van der Waals surface area (Å²) in [6.45, 7) is 20.8. The van der Waals surface area contributed by atoms with E-state index < -0.39 is 11.6 Å². The molecular weight excluding hydrogens is 350 g/mol. The van der Waals surface area contributed by atoms with Crippen LogP contribution in [0, 0.1) is 12.7 Å². The lowest BCUT2D eigenvalue weighted by Crippen LogP contribution is -1.95. The van der Waals surface area contributed by atoms with E-state index in [4.69, 9.17) is 0 Å². The molecular formula is C21H38F2N2O2. The summed E-state index contributed by atoms with van der Waals surface area (Å²) in [6.07, 6.45) is 4.09. The molecule has 0 amide bonds. The summed E-state index contributed by atoms with van der Waals surface area (Å²) in [7, 11) is 2.75. The van der Waals surface area contributed by atoms with E-state index in [2.05, 4.69) is 26.0 Å². The first-order valence-corrected chi connectivity index (χ1v) is 9.08. The first-order chi connectivity index (χ1) is 12.8. The van der Waals surface area contributed by atoms with Crippen molar-refractivity contribution in [2.24, 2.45) is 0 Å². The zero-order chi connectivity index (χ0) is 22.4. The Morgan fingerprint density at radius 3 is 1.85 bits per heavy atom. The Morgan fingerprint density at radius 1 is 1.04 bits per heavy atom. The number of hydrogen-bond acceptors (Lipinski definition) is 4. The standard InChI is InChI=1S/C9H13FO.C6H7FN2O.3C2H6/c1-7(2)5-6-9(10)8(3)11-4;1-4-8-3-5(7)6(9-4)10-2;3*1-2/h5-6H,3H2,1-2,4H3;3H,1-2H3;3*1-2H3/b9-6+;;;;. The van der Waals surface area contributed by atoms with E-state index in [0.717, 1.165) is 11.8 Å². The molecule has 158 valence electrons. The van der Waals surface area contributed by atoms with Crippen LogP contribution in [0.25, 0.3) is 0 Å². The van der Waals surface area contributed by atoms with Gasteiger partial charge in [-0.2, -0.15) is 9.37 Å². The summed E-state index contributed by atoms with van der Waals surface area (Å²) in [5, 5.41) is 0. The maximum atomic E-state index is 12.7. The Kier molecular flexibility index (Phi) is 28.5. The highest BCUT2D eigenvalue weighted by Crippen LogP contribution is 2.10. The van der Waals surface area contributed by atoms with Gasteiger partial charge in [0.25, 0.3) is 5.88 Å². The molecule has 0 fully saturated rings. The van der Waals surface area contributed by atoms with Gasteiger partial charge in [-0.3, -0.25) is 0 Å². The minimum absolute atomic E-state index is 0.00694. The van der Waals surface area contributed by atoms with Crippen LogP contribution in [-0.4, -0.2) is 24.2 Å². The first-order valence-electron chi connectivity index (χ1n) is 9.08. The molecule has 0 radical (unpaired) electrons. The number of methoxy groups -OCH3 is 2. The van der Waals surface area contributed by atoms with E-state index in [1.165, 1.54) is 20.3 Å². The molecule has 0 unspecified atom stereocenters. The number of aromatic nitrogens is 2. The van der Waals surface area contributed by atoms with Crippen molar-refractivity contribution in [1.29, 1.82) is 0 Å². The fourth-order valence-electron chi connectivity index (χ4n) is 1.01. The number of rotatable bonds is 4. The Morgan fingerprint density at radius 2 is 1.52 bits per heavy atom. The Balaban J connectivity index is -0.000000153. The third kappa shape index (κ3) is 19.9. The van der Waals surface area contributed by atoms with Crippen molar-refractivity contribution < 1.29 is 18.3 Å². The quantitative estimate of drug-likeness (QED) is 0.412. The average Bonchev–Trinajstić information content (AvgIpc) is 2.72. The second-order valence-corrected chi connectivity index (χ2v) is 4.16. The van der Waals surface area contributed by atoms with Crippen LogP contribution in [0.15, 0.2) is 42.1 Å². The van der Waals surface area contributed by atoms with Gasteiger partial charge in [-0.15, -0.1) is 0 Å². The van der Waals surface area contributed by atoms with Gasteiger partial charge in [-0.1, -0.05) is 59.8 Å². The molecule has 0 saturated carbocycles. The van der Waals surface area contributed by atoms with Crippen LogP contribution in [0.2, 0.25) is 0 Å². The minimum Gasteiger partial charge on any atom is -0.494 e. The highest BCUT2D eigenvalue weighted by molar-refractivity contribution is 5.22. The monoisotopic (exact) mass is 388 g/mol. The third-order valence-electron chi connectivity index (χ3n) is 2.10. The number of halogens is 2. The van der Waals surface area contributed by atoms with Gasteiger partial charge < -0.3 is 9.47 Å². The molecule has 27 heavy (non-hydrogen) atoms. The molecule has 0 N–H and O–H groups in total. The number of ether oxygens (including phenoxy) is 2. The lowest BCUT2D eigenvalue weighted by Gasteiger charge is -1.98. The molecule has 1 heterocycles. The Labute approximate surface area is 165 Å². The van der Waals surface area contributed by atoms with Crippen molar-refractivity contribution in [3.05, 3.63) is 53.7 Å². The first kappa shape index (κ1) is 32.4. The molecule has 0 atom stereocenters. The maximum Gasteiger partial charge on any atom is 0.253 e. The fourth-order valence-corrected chi connectivity index (χ4v) is 1.01. The van der Waals surface area contributed by atoms with E-state index in [1.54, 1.807) is 13.0 Å². The van der Waals surface area contributed by atoms with Gasteiger partial charge in [0, 0.05) is 0 Å². The van der Waals surface area contributed by atoms with Crippen molar-refractivity contribution in [3.8, 4) is 5.88 Å². The molecule has 6 heteroatoms. The fraction of sp³-hybridized carbons (Fsp3) is 0.524. The van der Waals surface area contributed by atoms with Crippen LogP contribution in [0.1, 0.15) is 61.2 Å². The van der Waals surface area contributed by atoms with E-state index in [9.17, 15) is 8.78 Å². The summed E-state index contributed by atoms with van der Waals surface area (Å²) in [5.74, 6) is -0.421. The van der Waals surface area contributed by atoms with Crippen molar-refractivity contribution in [2.45, 2.75) is 62.3 Å². The van der Waals surface area contributed by atoms with Gasteiger partial charge in [-0.25, -0.2) is 9.37 Å². The lowest BCUT2D eigenvalue weighted by atomic mass is 10.3. The second-order valence-electron chi connectivity index (χ2n) is 4.16. The average molecular weight is 389 g/mol. The highest BCUT2D eigenvalue weighted by Gasteiger charge is 2.02. The zero-order valence-electron chi connectivity index (χ0n) is 18.9. The molecule has 1 rings (SSSR count). The van der Waals surface area contributed by atoms with Crippen molar-refractivity contribution in [1.82, 2.24) is 9.97 Å². The molecule has 0 bridgehead atoms. The van der Waals surface area contributed by atoms with Crippen LogP contribution < -0.4 is 4.74 Å². The van der Waals surface area contributed by atoms with E-state index >= 15 is 0 Å². The smallest absolute Gasteiger partial charge is 0.253 e. The summed E-state index contributed by atoms with van der Waals surface area (Å²) in [6, 6.07) is 0. The van der Waals surface area contributed by atoms with Gasteiger partial charge in [0.1, 0.15) is 11.6 Å². The largest absolute Gasteiger partial charge is 0.494 e. The van der Waals surface area contributed by atoms with Crippen LogP contribution >= 0.6 is 0 Å². The molecule has 0 aromatic carbocycles. The van der Waals surface area contributed by atoms with Gasteiger partial charge in [0.15, 0.2) is 5.83 Å². The molecule has 0 spiro atoms. The van der Waals surface area contributed by atoms with Crippen molar-refractivity contribution in [3.63, 3.8) is 0 Å². The van der Waals surface area contributed by atoms with Crippen LogP contribution in [0.5, 0.6) is 5.88 Å².